The van der Waals surface area contributed by atoms with E-state index in [0.717, 1.165) is 25.9 Å². The van der Waals surface area contributed by atoms with Crippen LogP contribution in [0.4, 0.5) is 0 Å². The average Bonchev–Trinajstić information content (AvgIpc) is 2.35. The van der Waals surface area contributed by atoms with Crippen LogP contribution in [-0.4, -0.2) is 29.5 Å². The Morgan fingerprint density at radius 1 is 1.33 bits per heavy atom. The van der Waals surface area contributed by atoms with E-state index in [1.54, 1.807) is 0 Å². The normalized spacial score (nSPS) is 19.1. The fourth-order valence-electron chi connectivity index (χ4n) is 1.54. The average molecular weight is 287 g/mol. The zero-order chi connectivity index (χ0) is 12.8. The number of rotatable bonds is 2. The molecule has 2 rings (SSSR count). The fraction of sp³-hybridized carbons (Fsp3) is 0.500. The smallest absolute Gasteiger partial charge is 0.207 e. The lowest BCUT2D eigenvalue weighted by Crippen LogP contribution is -2.22. The Morgan fingerprint density at radius 2 is 2.11 bits per heavy atom. The summed E-state index contributed by atoms with van der Waals surface area (Å²) >= 11 is 11.5. The molecule has 1 atom stereocenters. The Kier molecular flexibility index (Phi) is 5.21. The van der Waals surface area contributed by atoms with Crippen molar-refractivity contribution in [1.29, 1.82) is 0 Å². The molecule has 1 aliphatic rings. The fourth-order valence-corrected chi connectivity index (χ4v) is 1.96. The molecule has 1 saturated heterocycles. The minimum absolute atomic E-state index is 0.142. The van der Waals surface area contributed by atoms with Gasteiger partial charge in [-0.05, 0) is 25.2 Å². The van der Waals surface area contributed by atoms with Gasteiger partial charge in [0.15, 0.2) is 6.29 Å². The molecule has 2 heterocycles. The molecule has 1 aliphatic heterocycles. The number of nitrogens with zero attached hydrogens (tertiary/aromatic N) is 2. The Hall–Kier alpha value is -0.860. The molecule has 96 valence electrons. The van der Waals surface area contributed by atoms with E-state index in [0.29, 0.717) is 5.82 Å². The third-order valence-electron chi connectivity index (χ3n) is 2.34. The zero-order valence-electron chi connectivity index (χ0n) is 9.66. The molecule has 4 nitrogen and oxygen atoms in total. The van der Waals surface area contributed by atoms with E-state index in [9.17, 15) is 0 Å². The van der Waals surface area contributed by atoms with Crippen LogP contribution in [0.3, 0.4) is 0 Å². The van der Waals surface area contributed by atoms with Gasteiger partial charge in [-0.3, -0.25) is 0 Å². The molecule has 0 aromatic carbocycles. The van der Waals surface area contributed by atoms with E-state index in [1.165, 1.54) is 6.07 Å². The van der Waals surface area contributed by atoms with Gasteiger partial charge in [0.25, 0.3) is 0 Å². The third-order valence-corrected chi connectivity index (χ3v) is 2.73. The van der Waals surface area contributed by atoms with E-state index in [1.807, 2.05) is 0 Å². The van der Waals surface area contributed by atoms with Crippen LogP contribution in [0.2, 0.25) is 10.3 Å². The molecule has 0 radical (unpaired) electrons. The highest BCUT2D eigenvalue weighted by atomic mass is 35.5. The second-order valence-electron chi connectivity index (χ2n) is 3.75. The number of halogens is 2. The molecule has 0 aliphatic carbocycles. The van der Waals surface area contributed by atoms with Gasteiger partial charge >= 0.3 is 0 Å². The molecule has 1 unspecified atom stereocenters. The number of hydrogen-bond donors (Lipinski definition) is 0. The van der Waals surface area contributed by atoms with Crippen molar-refractivity contribution in [2.45, 2.75) is 25.6 Å². The van der Waals surface area contributed by atoms with Crippen molar-refractivity contribution in [3.8, 4) is 11.8 Å². The van der Waals surface area contributed by atoms with E-state index in [-0.39, 0.29) is 23.2 Å². The Labute approximate surface area is 116 Å². The van der Waals surface area contributed by atoms with Gasteiger partial charge in [0.1, 0.15) is 16.9 Å². The quantitative estimate of drug-likeness (QED) is 0.619. The molecule has 6 heteroatoms. The van der Waals surface area contributed by atoms with Gasteiger partial charge in [-0.15, -0.1) is 0 Å². The van der Waals surface area contributed by atoms with Gasteiger partial charge in [-0.2, -0.15) is 0 Å². The van der Waals surface area contributed by atoms with Crippen molar-refractivity contribution in [1.82, 2.24) is 9.97 Å². The lowest BCUT2D eigenvalue weighted by Gasteiger charge is -2.21. The Balaban J connectivity index is 1.84. The van der Waals surface area contributed by atoms with Crippen molar-refractivity contribution in [3.05, 3.63) is 22.2 Å². The van der Waals surface area contributed by atoms with Gasteiger partial charge in [0.05, 0.1) is 0 Å². The topological polar surface area (TPSA) is 44.2 Å². The summed E-state index contributed by atoms with van der Waals surface area (Å²) in [6.45, 7) is 1.03. The predicted molar refractivity (Wildman–Crippen MR) is 68.5 cm³/mol. The first-order valence-corrected chi connectivity index (χ1v) is 6.42. The Morgan fingerprint density at radius 3 is 2.78 bits per heavy atom. The molecule has 1 aromatic rings. The largest absolute Gasteiger partial charge is 0.353 e. The number of aromatic nitrogens is 2. The van der Waals surface area contributed by atoms with Gasteiger partial charge in [-0.1, -0.05) is 29.1 Å². The first-order valence-electron chi connectivity index (χ1n) is 5.66. The maximum Gasteiger partial charge on any atom is 0.207 e. The van der Waals surface area contributed by atoms with Crippen molar-refractivity contribution >= 4 is 23.2 Å². The first-order chi connectivity index (χ1) is 8.74. The van der Waals surface area contributed by atoms with E-state index in [4.69, 9.17) is 32.7 Å². The lowest BCUT2D eigenvalue weighted by molar-refractivity contribution is -0.154. The van der Waals surface area contributed by atoms with Gasteiger partial charge in [0.2, 0.25) is 5.82 Å². The highest BCUT2D eigenvalue weighted by Crippen LogP contribution is 2.13. The van der Waals surface area contributed by atoms with Crippen LogP contribution < -0.4 is 0 Å². The maximum atomic E-state index is 5.73. The molecule has 0 amide bonds. The summed E-state index contributed by atoms with van der Waals surface area (Å²) in [6.07, 6.45) is 3.00. The standard InChI is InChI=1S/C12H12Cl2N2O2/c13-9-8-10(14)16-11(15-9)4-3-7-18-12-5-1-2-6-17-12/h8,12H,1-2,5-7H2. The molecule has 0 N–H and O–H groups in total. The second kappa shape index (κ2) is 6.91. The summed E-state index contributed by atoms with van der Waals surface area (Å²) in [5.74, 6) is 5.85. The lowest BCUT2D eigenvalue weighted by atomic mass is 10.2. The molecule has 0 spiro atoms. The van der Waals surface area contributed by atoms with E-state index >= 15 is 0 Å². The van der Waals surface area contributed by atoms with Crippen molar-refractivity contribution in [2.75, 3.05) is 13.2 Å². The zero-order valence-corrected chi connectivity index (χ0v) is 11.2. The van der Waals surface area contributed by atoms with Crippen LogP contribution in [0.5, 0.6) is 0 Å². The van der Waals surface area contributed by atoms with Crippen LogP contribution >= 0.6 is 23.2 Å². The summed E-state index contributed by atoms with van der Waals surface area (Å²) in [5.41, 5.74) is 0. The van der Waals surface area contributed by atoms with Crippen LogP contribution in [0, 0.1) is 11.8 Å². The summed E-state index contributed by atoms with van der Waals surface area (Å²) in [4.78, 5) is 7.86. The minimum atomic E-state index is -0.142. The second-order valence-corrected chi connectivity index (χ2v) is 4.52. The van der Waals surface area contributed by atoms with Gasteiger partial charge < -0.3 is 9.47 Å². The van der Waals surface area contributed by atoms with Crippen LogP contribution in [0.25, 0.3) is 0 Å². The van der Waals surface area contributed by atoms with Crippen molar-refractivity contribution < 1.29 is 9.47 Å². The molecule has 1 fully saturated rings. The van der Waals surface area contributed by atoms with Crippen LogP contribution in [0.1, 0.15) is 25.1 Å². The highest BCUT2D eigenvalue weighted by molar-refractivity contribution is 6.33. The number of ether oxygens (including phenoxy) is 2. The molecule has 18 heavy (non-hydrogen) atoms. The Bertz CT molecular complexity index is 445. The van der Waals surface area contributed by atoms with Crippen LogP contribution in [-0.2, 0) is 9.47 Å². The molecule has 0 saturated carbocycles. The summed E-state index contributed by atoms with van der Waals surface area (Å²) < 4.78 is 10.9. The molecule has 1 aromatic heterocycles. The third kappa shape index (κ3) is 4.43. The van der Waals surface area contributed by atoms with Gasteiger partial charge in [0, 0.05) is 12.7 Å². The first kappa shape index (κ1) is 13.6. The molecule has 0 bridgehead atoms. The minimum Gasteiger partial charge on any atom is -0.353 e. The maximum absolute atomic E-state index is 5.73. The van der Waals surface area contributed by atoms with E-state index < -0.39 is 0 Å². The predicted octanol–water partition coefficient (Wildman–Crippen LogP) is 2.68. The van der Waals surface area contributed by atoms with Crippen LogP contribution in [0.15, 0.2) is 6.07 Å². The monoisotopic (exact) mass is 286 g/mol. The highest BCUT2D eigenvalue weighted by Gasteiger charge is 2.12. The van der Waals surface area contributed by atoms with Gasteiger partial charge in [-0.25, -0.2) is 9.97 Å². The molecular weight excluding hydrogens is 275 g/mol. The summed E-state index contributed by atoms with van der Waals surface area (Å²) in [5, 5.41) is 0.548. The SMILES string of the molecule is Clc1cc(Cl)nc(C#CCOC2CCCCO2)n1. The van der Waals surface area contributed by atoms with Crippen molar-refractivity contribution in [2.24, 2.45) is 0 Å². The summed E-state index contributed by atoms with van der Waals surface area (Å²) in [7, 11) is 0. The summed E-state index contributed by atoms with van der Waals surface area (Å²) in [6, 6.07) is 1.46. The number of hydrogen-bond acceptors (Lipinski definition) is 4. The van der Waals surface area contributed by atoms with Crippen molar-refractivity contribution in [3.63, 3.8) is 0 Å². The molecular formula is C12H12Cl2N2O2. The van der Waals surface area contributed by atoms with E-state index in [2.05, 4.69) is 21.8 Å².